The van der Waals surface area contributed by atoms with Crippen molar-refractivity contribution >= 4 is 22.7 Å². The van der Waals surface area contributed by atoms with Gasteiger partial charge in [0.05, 0.1) is 12.1 Å². The van der Waals surface area contributed by atoms with E-state index >= 15 is 0 Å². The minimum Gasteiger partial charge on any atom is -0.493 e. The highest BCUT2D eigenvalue weighted by Crippen LogP contribution is 2.29. The normalized spacial score (nSPS) is 13.8. The highest BCUT2D eigenvalue weighted by Gasteiger charge is 2.21. The first-order chi connectivity index (χ1) is 11.7. The molecule has 0 spiro atoms. The first-order valence-electron chi connectivity index (χ1n) is 7.84. The van der Waals surface area contributed by atoms with Gasteiger partial charge in [-0.05, 0) is 61.2 Å². The Morgan fingerprint density at radius 3 is 2.75 bits per heavy atom. The molecular weight excluding hydrogens is 308 g/mol. The average molecular weight is 324 g/mol. The highest BCUT2D eigenvalue weighted by atomic mass is 16.5. The fourth-order valence-electron chi connectivity index (χ4n) is 2.43. The largest absolute Gasteiger partial charge is 0.493 e. The number of hydrogen-bond donors (Lipinski definition) is 2. The second-order valence-corrected chi connectivity index (χ2v) is 5.96. The van der Waals surface area contributed by atoms with Gasteiger partial charge in [-0.2, -0.15) is 0 Å². The lowest BCUT2D eigenvalue weighted by molar-refractivity contribution is 0.102. The molecule has 1 aliphatic rings. The number of aromatic nitrogens is 1. The predicted molar refractivity (Wildman–Crippen MR) is 89.4 cm³/mol. The molecule has 122 valence electrons. The van der Waals surface area contributed by atoms with Crippen molar-refractivity contribution in [3.8, 4) is 5.75 Å². The zero-order chi connectivity index (χ0) is 16.5. The van der Waals surface area contributed by atoms with Crippen molar-refractivity contribution in [2.24, 2.45) is 5.92 Å². The van der Waals surface area contributed by atoms with E-state index in [2.05, 4.69) is 10.3 Å². The van der Waals surface area contributed by atoms with E-state index < -0.39 is 5.76 Å². The average Bonchev–Trinajstić information content (AvgIpc) is 3.33. The van der Waals surface area contributed by atoms with Crippen LogP contribution in [0.3, 0.4) is 0 Å². The zero-order valence-corrected chi connectivity index (χ0v) is 12.9. The van der Waals surface area contributed by atoms with E-state index in [0.29, 0.717) is 28.3 Å². The number of amides is 1. The minimum atomic E-state index is -0.518. The lowest BCUT2D eigenvalue weighted by Crippen LogP contribution is -2.11. The molecule has 2 N–H and O–H groups in total. The van der Waals surface area contributed by atoms with Crippen molar-refractivity contribution in [3.63, 3.8) is 0 Å². The summed E-state index contributed by atoms with van der Waals surface area (Å²) in [5, 5.41) is 2.80. The van der Waals surface area contributed by atoms with Crippen LogP contribution in [0.15, 0.2) is 51.7 Å². The van der Waals surface area contributed by atoms with Crippen LogP contribution in [-0.2, 0) is 0 Å². The van der Waals surface area contributed by atoms with Crippen molar-refractivity contribution in [2.45, 2.75) is 12.8 Å². The van der Waals surface area contributed by atoms with Gasteiger partial charge in [0, 0.05) is 11.3 Å². The van der Waals surface area contributed by atoms with Crippen LogP contribution in [0.2, 0.25) is 0 Å². The molecule has 1 heterocycles. The third-order valence-corrected chi connectivity index (χ3v) is 3.98. The quantitative estimate of drug-likeness (QED) is 0.755. The number of rotatable bonds is 5. The van der Waals surface area contributed by atoms with Crippen LogP contribution in [0.5, 0.6) is 5.75 Å². The number of oxazole rings is 1. The van der Waals surface area contributed by atoms with Crippen LogP contribution in [0.25, 0.3) is 11.1 Å². The summed E-state index contributed by atoms with van der Waals surface area (Å²) in [7, 11) is 0. The molecule has 0 bridgehead atoms. The van der Waals surface area contributed by atoms with Crippen molar-refractivity contribution in [2.75, 3.05) is 11.9 Å². The van der Waals surface area contributed by atoms with Gasteiger partial charge in [0.25, 0.3) is 5.91 Å². The molecule has 6 nitrogen and oxygen atoms in total. The number of anilines is 1. The summed E-state index contributed by atoms with van der Waals surface area (Å²) in [5.74, 6) is 0.720. The summed E-state index contributed by atoms with van der Waals surface area (Å²) in [6, 6.07) is 12.0. The van der Waals surface area contributed by atoms with Gasteiger partial charge in [0.1, 0.15) is 5.75 Å². The molecular formula is C18H16N2O4. The summed E-state index contributed by atoms with van der Waals surface area (Å²) in [6.07, 6.45) is 2.49. The van der Waals surface area contributed by atoms with Gasteiger partial charge < -0.3 is 14.5 Å². The summed E-state index contributed by atoms with van der Waals surface area (Å²) in [6.45, 7) is 0.745. The van der Waals surface area contributed by atoms with Gasteiger partial charge in [0.2, 0.25) is 0 Å². The lowest BCUT2D eigenvalue weighted by atomic mass is 10.2. The zero-order valence-electron chi connectivity index (χ0n) is 12.9. The number of fused-ring (bicyclic) bond motifs is 1. The Hall–Kier alpha value is -3.02. The second-order valence-electron chi connectivity index (χ2n) is 5.96. The van der Waals surface area contributed by atoms with Gasteiger partial charge in [0.15, 0.2) is 5.58 Å². The number of benzene rings is 2. The van der Waals surface area contributed by atoms with Gasteiger partial charge in [-0.25, -0.2) is 4.79 Å². The van der Waals surface area contributed by atoms with Crippen LogP contribution in [0.4, 0.5) is 5.69 Å². The molecule has 1 amide bonds. The molecule has 6 heteroatoms. The molecule has 1 fully saturated rings. The standard InChI is InChI=1S/C18H16N2O4/c21-17(12-3-6-14(7-4-12)23-10-11-1-2-11)19-13-5-8-16-15(9-13)20-18(22)24-16/h3-9,11H,1-2,10H2,(H,19,21)(H,20,22). The van der Waals surface area contributed by atoms with Crippen molar-refractivity contribution < 1.29 is 13.9 Å². The summed E-state index contributed by atoms with van der Waals surface area (Å²) < 4.78 is 10.6. The molecule has 2 aromatic carbocycles. The second kappa shape index (κ2) is 5.88. The summed E-state index contributed by atoms with van der Waals surface area (Å²) in [5.41, 5.74) is 2.12. The summed E-state index contributed by atoms with van der Waals surface area (Å²) in [4.78, 5) is 26.0. The first kappa shape index (κ1) is 14.6. The Morgan fingerprint density at radius 1 is 1.21 bits per heavy atom. The molecule has 0 radical (unpaired) electrons. The SMILES string of the molecule is O=C(Nc1ccc2oc(=O)[nH]c2c1)c1ccc(OCC2CC2)cc1. The topological polar surface area (TPSA) is 84.3 Å². The molecule has 0 aliphatic heterocycles. The number of H-pyrrole nitrogens is 1. The Labute approximate surface area is 137 Å². The van der Waals surface area contributed by atoms with Gasteiger partial charge in [-0.1, -0.05) is 0 Å². The van der Waals surface area contributed by atoms with Crippen LogP contribution in [-0.4, -0.2) is 17.5 Å². The van der Waals surface area contributed by atoms with E-state index in [-0.39, 0.29) is 5.91 Å². The summed E-state index contributed by atoms with van der Waals surface area (Å²) >= 11 is 0. The van der Waals surface area contributed by atoms with Crippen molar-refractivity contribution in [1.82, 2.24) is 4.98 Å². The van der Waals surface area contributed by atoms with E-state index in [1.54, 1.807) is 42.5 Å². The number of aromatic amines is 1. The van der Waals surface area contributed by atoms with E-state index in [1.165, 1.54) is 12.8 Å². The molecule has 0 saturated heterocycles. The highest BCUT2D eigenvalue weighted by molar-refractivity contribution is 6.04. The first-order valence-corrected chi connectivity index (χ1v) is 7.84. The third-order valence-electron chi connectivity index (χ3n) is 3.98. The van der Waals surface area contributed by atoms with E-state index in [0.717, 1.165) is 12.4 Å². The molecule has 4 rings (SSSR count). The van der Waals surface area contributed by atoms with Crippen LogP contribution >= 0.6 is 0 Å². The van der Waals surface area contributed by atoms with Crippen molar-refractivity contribution in [3.05, 3.63) is 58.6 Å². The third kappa shape index (κ3) is 3.17. The van der Waals surface area contributed by atoms with E-state index in [4.69, 9.17) is 9.15 Å². The van der Waals surface area contributed by atoms with E-state index in [1.807, 2.05) is 0 Å². The smallest absolute Gasteiger partial charge is 0.417 e. The molecule has 3 aromatic rings. The fourth-order valence-corrected chi connectivity index (χ4v) is 2.43. The van der Waals surface area contributed by atoms with E-state index in [9.17, 15) is 9.59 Å². The molecule has 0 unspecified atom stereocenters. The Kier molecular flexibility index (Phi) is 3.57. The molecule has 1 aromatic heterocycles. The number of carbonyl (C=O) groups is 1. The van der Waals surface area contributed by atoms with Crippen LogP contribution in [0.1, 0.15) is 23.2 Å². The number of hydrogen-bond acceptors (Lipinski definition) is 4. The Balaban J connectivity index is 1.44. The Bertz CT molecular complexity index is 936. The number of carbonyl (C=O) groups excluding carboxylic acids is 1. The minimum absolute atomic E-state index is 0.228. The maximum absolute atomic E-state index is 12.3. The van der Waals surface area contributed by atoms with Crippen molar-refractivity contribution in [1.29, 1.82) is 0 Å². The van der Waals surface area contributed by atoms with Crippen LogP contribution in [0, 0.1) is 5.92 Å². The fraction of sp³-hybridized carbons (Fsp3) is 0.222. The number of ether oxygens (including phenoxy) is 1. The molecule has 24 heavy (non-hydrogen) atoms. The molecule has 1 aliphatic carbocycles. The molecule has 1 saturated carbocycles. The molecule has 0 atom stereocenters. The number of nitrogens with one attached hydrogen (secondary N) is 2. The monoisotopic (exact) mass is 324 g/mol. The van der Waals surface area contributed by atoms with Gasteiger partial charge >= 0.3 is 5.76 Å². The van der Waals surface area contributed by atoms with Gasteiger partial charge in [-0.15, -0.1) is 0 Å². The Morgan fingerprint density at radius 2 is 2.00 bits per heavy atom. The van der Waals surface area contributed by atoms with Gasteiger partial charge in [-0.3, -0.25) is 9.78 Å². The predicted octanol–water partition coefficient (Wildman–Crippen LogP) is 3.16. The lowest BCUT2D eigenvalue weighted by Gasteiger charge is -2.07. The maximum atomic E-state index is 12.3. The maximum Gasteiger partial charge on any atom is 0.417 e. The van der Waals surface area contributed by atoms with Crippen LogP contribution < -0.4 is 15.8 Å².